The van der Waals surface area contributed by atoms with Gasteiger partial charge < -0.3 is 9.64 Å². The summed E-state index contributed by atoms with van der Waals surface area (Å²) in [7, 11) is 1.73. The van der Waals surface area contributed by atoms with E-state index in [0.29, 0.717) is 18.0 Å². The van der Waals surface area contributed by atoms with Crippen molar-refractivity contribution in [3.8, 4) is 5.75 Å². The molecule has 1 aromatic carbocycles. The summed E-state index contributed by atoms with van der Waals surface area (Å²) in [6.07, 6.45) is 0. The second-order valence-electron chi connectivity index (χ2n) is 3.87. The molecule has 16 heavy (non-hydrogen) atoms. The van der Waals surface area contributed by atoms with Crippen LogP contribution in [0.5, 0.6) is 5.75 Å². The van der Waals surface area contributed by atoms with Crippen molar-refractivity contribution in [2.45, 2.75) is 6.92 Å². The molecule has 1 aliphatic rings. The second-order valence-corrected chi connectivity index (χ2v) is 3.87. The summed E-state index contributed by atoms with van der Waals surface area (Å²) in [5.74, 6) is 0.483. The first-order valence-corrected chi connectivity index (χ1v) is 5.05. The van der Waals surface area contributed by atoms with Gasteiger partial charge in [0.2, 0.25) is 5.91 Å². The van der Waals surface area contributed by atoms with Gasteiger partial charge >= 0.3 is 0 Å². The molecular weight excluding hydrogens is 204 g/mol. The molecule has 0 aromatic heterocycles. The Morgan fingerprint density at radius 1 is 1.56 bits per heavy atom. The largest absolute Gasteiger partial charge is 0.492 e. The Bertz CT molecular complexity index is 476. The summed E-state index contributed by atoms with van der Waals surface area (Å²) in [5, 5.41) is 0. The van der Waals surface area contributed by atoms with Crippen LogP contribution < -0.4 is 9.64 Å². The summed E-state index contributed by atoms with van der Waals surface area (Å²) in [6, 6.07) is 5.11. The third-order valence-electron chi connectivity index (χ3n) is 2.67. The Kier molecular flexibility index (Phi) is 2.53. The zero-order chi connectivity index (χ0) is 11.7. The fraction of sp³-hybridized carbons (Fsp3) is 0.333. The van der Waals surface area contributed by atoms with Crippen LogP contribution in [0.15, 0.2) is 18.2 Å². The first-order chi connectivity index (χ1) is 7.63. The Hall–Kier alpha value is -2.02. The minimum Gasteiger partial charge on any atom is -0.492 e. The number of carbonyl (C=O) groups excluding carboxylic acids is 1. The number of fused-ring (bicyclic) bond motifs is 1. The average Bonchev–Trinajstić information content (AvgIpc) is 2.42. The third kappa shape index (κ3) is 1.61. The van der Waals surface area contributed by atoms with E-state index < -0.39 is 0 Å². The summed E-state index contributed by atoms with van der Waals surface area (Å²) in [6.45, 7) is 9.13. The Balaban J connectivity index is 2.48. The number of hydrogen-bond donors (Lipinski definition) is 0. The van der Waals surface area contributed by atoms with Crippen LogP contribution >= 0.6 is 0 Å². The molecule has 1 heterocycles. The van der Waals surface area contributed by atoms with Gasteiger partial charge in [-0.05, 0) is 12.1 Å². The van der Waals surface area contributed by atoms with E-state index in [4.69, 9.17) is 11.3 Å². The van der Waals surface area contributed by atoms with Crippen LogP contribution in [0.2, 0.25) is 0 Å². The molecule has 1 aromatic rings. The van der Waals surface area contributed by atoms with Gasteiger partial charge in [0, 0.05) is 7.05 Å². The van der Waals surface area contributed by atoms with Gasteiger partial charge in [-0.25, -0.2) is 4.85 Å². The highest BCUT2D eigenvalue weighted by molar-refractivity contribution is 5.96. The lowest BCUT2D eigenvalue weighted by atomic mass is 10.1. The van der Waals surface area contributed by atoms with Crippen LogP contribution in [-0.4, -0.2) is 19.6 Å². The molecule has 1 amide bonds. The molecule has 0 saturated heterocycles. The van der Waals surface area contributed by atoms with Crippen LogP contribution in [0.1, 0.15) is 6.92 Å². The lowest BCUT2D eigenvalue weighted by molar-refractivity contribution is -0.122. The zero-order valence-electron chi connectivity index (χ0n) is 9.23. The van der Waals surface area contributed by atoms with Crippen molar-refractivity contribution in [2.75, 3.05) is 18.6 Å². The van der Waals surface area contributed by atoms with E-state index in [0.717, 1.165) is 5.69 Å². The van der Waals surface area contributed by atoms with Crippen LogP contribution in [0.25, 0.3) is 4.85 Å². The van der Waals surface area contributed by atoms with Gasteiger partial charge in [-0.15, -0.1) is 0 Å². The SMILES string of the molecule is [C-]#[N+]c1ccc2c(c1)OCC(C)C(=O)N2C. The topological polar surface area (TPSA) is 33.9 Å². The molecule has 82 valence electrons. The van der Waals surface area contributed by atoms with E-state index in [9.17, 15) is 4.79 Å². The number of nitrogens with zero attached hydrogens (tertiary/aromatic N) is 2. The van der Waals surface area contributed by atoms with Gasteiger partial charge in [0.25, 0.3) is 0 Å². The Morgan fingerprint density at radius 2 is 2.31 bits per heavy atom. The molecule has 0 saturated carbocycles. The highest BCUT2D eigenvalue weighted by atomic mass is 16.5. The average molecular weight is 216 g/mol. The predicted octanol–water partition coefficient (Wildman–Crippen LogP) is 2.23. The Labute approximate surface area is 94.3 Å². The number of rotatable bonds is 0. The second kappa shape index (κ2) is 3.86. The van der Waals surface area contributed by atoms with Gasteiger partial charge in [-0.3, -0.25) is 4.79 Å². The van der Waals surface area contributed by atoms with E-state index in [1.165, 1.54) is 0 Å². The van der Waals surface area contributed by atoms with E-state index in [2.05, 4.69) is 4.85 Å². The van der Waals surface area contributed by atoms with Crippen LogP contribution in [-0.2, 0) is 4.79 Å². The zero-order valence-corrected chi connectivity index (χ0v) is 9.23. The molecule has 1 aliphatic heterocycles. The van der Waals surface area contributed by atoms with Crippen molar-refractivity contribution >= 4 is 17.3 Å². The van der Waals surface area contributed by atoms with Crippen molar-refractivity contribution in [1.82, 2.24) is 0 Å². The fourth-order valence-electron chi connectivity index (χ4n) is 1.70. The molecule has 0 fully saturated rings. The smallest absolute Gasteiger partial charge is 0.233 e. The van der Waals surface area contributed by atoms with Crippen molar-refractivity contribution in [2.24, 2.45) is 5.92 Å². The number of hydrogen-bond acceptors (Lipinski definition) is 2. The summed E-state index contributed by atoms with van der Waals surface area (Å²) in [5.41, 5.74) is 1.25. The number of carbonyl (C=O) groups is 1. The van der Waals surface area contributed by atoms with Crippen molar-refractivity contribution < 1.29 is 9.53 Å². The minimum atomic E-state index is -0.159. The van der Waals surface area contributed by atoms with Crippen LogP contribution in [0.4, 0.5) is 11.4 Å². The molecule has 0 radical (unpaired) electrons. The highest BCUT2D eigenvalue weighted by Gasteiger charge is 2.25. The maximum atomic E-state index is 11.8. The maximum absolute atomic E-state index is 11.8. The first-order valence-electron chi connectivity index (χ1n) is 5.05. The summed E-state index contributed by atoms with van der Waals surface area (Å²) in [4.78, 5) is 16.8. The predicted molar refractivity (Wildman–Crippen MR) is 60.8 cm³/mol. The van der Waals surface area contributed by atoms with E-state index >= 15 is 0 Å². The summed E-state index contributed by atoms with van der Waals surface area (Å²) >= 11 is 0. The lowest BCUT2D eigenvalue weighted by Gasteiger charge is -2.17. The van der Waals surface area contributed by atoms with Gasteiger partial charge in [0.1, 0.15) is 5.75 Å². The molecule has 4 nitrogen and oxygen atoms in total. The number of benzene rings is 1. The molecular formula is C12H12N2O2. The van der Waals surface area contributed by atoms with Gasteiger partial charge in [0.05, 0.1) is 24.8 Å². The molecule has 0 spiro atoms. The van der Waals surface area contributed by atoms with Gasteiger partial charge in [-0.1, -0.05) is 13.0 Å². The quantitative estimate of drug-likeness (QED) is 0.623. The van der Waals surface area contributed by atoms with Crippen LogP contribution in [0.3, 0.4) is 0 Å². The maximum Gasteiger partial charge on any atom is 0.233 e. The normalized spacial score (nSPS) is 19.4. The first kappa shape index (κ1) is 10.5. The third-order valence-corrected chi connectivity index (χ3v) is 2.67. The van der Waals surface area contributed by atoms with Crippen LogP contribution in [0, 0.1) is 12.5 Å². The molecule has 1 atom stereocenters. The van der Waals surface area contributed by atoms with E-state index in [1.807, 2.05) is 6.92 Å². The van der Waals surface area contributed by atoms with Crippen molar-refractivity contribution in [3.05, 3.63) is 29.6 Å². The fourth-order valence-corrected chi connectivity index (χ4v) is 1.70. The van der Waals surface area contributed by atoms with Gasteiger partial charge in [0.15, 0.2) is 5.69 Å². The molecule has 2 rings (SSSR count). The van der Waals surface area contributed by atoms with Crippen molar-refractivity contribution in [3.63, 3.8) is 0 Å². The lowest BCUT2D eigenvalue weighted by Crippen LogP contribution is -2.31. The Morgan fingerprint density at radius 3 is 3.00 bits per heavy atom. The summed E-state index contributed by atoms with van der Waals surface area (Å²) < 4.78 is 5.54. The molecule has 0 N–H and O–H groups in total. The number of anilines is 1. The number of ether oxygens (including phenoxy) is 1. The molecule has 0 bridgehead atoms. The highest BCUT2D eigenvalue weighted by Crippen LogP contribution is 2.34. The van der Waals surface area contributed by atoms with E-state index in [-0.39, 0.29) is 11.8 Å². The monoisotopic (exact) mass is 216 g/mol. The van der Waals surface area contributed by atoms with Crippen molar-refractivity contribution in [1.29, 1.82) is 0 Å². The van der Waals surface area contributed by atoms with E-state index in [1.54, 1.807) is 30.1 Å². The minimum absolute atomic E-state index is 0.0364. The molecule has 0 aliphatic carbocycles. The molecule has 4 heteroatoms. The standard InChI is InChI=1S/C12H12N2O2/c1-8-7-16-11-6-9(13-2)4-5-10(11)14(3)12(8)15/h4-6,8H,7H2,1,3H3. The molecule has 1 unspecified atom stereocenters. The number of amides is 1. The van der Waals surface area contributed by atoms with Gasteiger partial charge in [-0.2, -0.15) is 0 Å².